The predicted molar refractivity (Wildman–Crippen MR) is 84.4 cm³/mol. The molecule has 102 valence electrons. The first-order chi connectivity index (χ1) is 8.83. The lowest BCUT2D eigenvalue weighted by atomic mass is 10.1. The minimum atomic E-state index is 0.0883. The van der Waals surface area contributed by atoms with Crippen molar-refractivity contribution in [2.75, 3.05) is 0 Å². The molecule has 2 aromatic heterocycles. The van der Waals surface area contributed by atoms with E-state index in [0.717, 1.165) is 32.4 Å². The lowest BCUT2D eigenvalue weighted by molar-refractivity contribution is 0.421. The van der Waals surface area contributed by atoms with E-state index in [1.54, 1.807) is 11.3 Å². The van der Waals surface area contributed by atoms with Crippen LogP contribution in [0, 0.1) is 6.92 Å². The second kappa shape index (κ2) is 5.69. The maximum absolute atomic E-state index is 4.64. The van der Waals surface area contributed by atoms with Crippen molar-refractivity contribution < 1.29 is 0 Å². The fourth-order valence-corrected chi connectivity index (χ4v) is 2.94. The van der Waals surface area contributed by atoms with Gasteiger partial charge in [-0.15, -0.1) is 11.3 Å². The van der Waals surface area contributed by atoms with E-state index in [1.165, 1.54) is 0 Å². The molecule has 0 atom stereocenters. The van der Waals surface area contributed by atoms with Crippen molar-refractivity contribution >= 4 is 27.3 Å². The molecule has 0 spiro atoms. The standard InChI is InChI=1S/C14H18BrN3S/c1-9-7-10(8-16-14(2,3)4)18-13(17-9)11-5-6-12(15)19-11/h5-7,16H,8H2,1-4H3. The molecule has 19 heavy (non-hydrogen) atoms. The van der Waals surface area contributed by atoms with Gasteiger partial charge in [0.1, 0.15) is 0 Å². The van der Waals surface area contributed by atoms with Gasteiger partial charge in [0.05, 0.1) is 14.4 Å². The first-order valence-electron chi connectivity index (χ1n) is 6.19. The van der Waals surface area contributed by atoms with E-state index in [9.17, 15) is 0 Å². The summed E-state index contributed by atoms with van der Waals surface area (Å²) in [4.78, 5) is 10.2. The zero-order valence-electron chi connectivity index (χ0n) is 11.6. The van der Waals surface area contributed by atoms with E-state index in [2.05, 4.69) is 52.0 Å². The Labute approximate surface area is 126 Å². The summed E-state index contributed by atoms with van der Waals surface area (Å²) in [7, 11) is 0. The summed E-state index contributed by atoms with van der Waals surface area (Å²) in [6.07, 6.45) is 0. The average Bonchev–Trinajstić information content (AvgIpc) is 2.72. The summed E-state index contributed by atoms with van der Waals surface area (Å²) in [5.74, 6) is 0.807. The third kappa shape index (κ3) is 4.37. The van der Waals surface area contributed by atoms with Crippen molar-refractivity contribution in [3.8, 4) is 10.7 Å². The number of hydrogen-bond donors (Lipinski definition) is 1. The van der Waals surface area contributed by atoms with Crippen LogP contribution in [0.4, 0.5) is 0 Å². The third-order valence-electron chi connectivity index (χ3n) is 2.50. The molecule has 0 amide bonds. The number of aromatic nitrogens is 2. The quantitative estimate of drug-likeness (QED) is 0.912. The molecule has 5 heteroatoms. The lowest BCUT2D eigenvalue weighted by Gasteiger charge is -2.20. The minimum Gasteiger partial charge on any atom is -0.306 e. The normalized spacial score (nSPS) is 11.8. The van der Waals surface area contributed by atoms with Gasteiger partial charge in [-0.2, -0.15) is 0 Å². The Morgan fingerprint density at radius 1 is 1.26 bits per heavy atom. The minimum absolute atomic E-state index is 0.0883. The SMILES string of the molecule is Cc1cc(CNC(C)(C)C)nc(-c2ccc(Br)s2)n1. The van der Waals surface area contributed by atoms with Crippen LogP contribution in [0.2, 0.25) is 0 Å². The van der Waals surface area contributed by atoms with Crippen molar-refractivity contribution in [1.82, 2.24) is 15.3 Å². The van der Waals surface area contributed by atoms with E-state index in [4.69, 9.17) is 0 Å². The van der Waals surface area contributed by atoms with Gasteiger partial charge in [-0.3, -0.25) is 0 Å². The Bertz CT molecular complexity index is 572. The fourth-order valence-electron chi connectivity index (χ4n) is 1.62. The molecule has 0 saturated carbocycles. The van der Waals surface area contributed by atoms with Crippen LogP contribution in [0.5, 0.6) is 0 Å². The number of thiophene rings is 1. The molecule has 0 aliphatic carbocycles. The Morgan fingerprint density at radius 2 is 2.00 bits per heavy atom. The highest BCUT2D eigenvalue weighted by Gasteiger charge is 2.11. The van der Waals surface area contributed by atoms with Crippen molar-refractivity contribution in [1.29, 1.82) is 0 Å². The van der Waals surface area contributed by atoms with Gasteiger partial charge in [0, 0.05) is 17.8 Å². The maximum atomic E-state index is 4.64. The lowest BCUT2D eigenvalue weighted by Crippen LogP contribution is -2.35. The Morgan fingerprint density at radius 3 is 2.58 bits per heavy atom. The van der Waals surface area contributed by atoms with Crippen LogP contribution in [0.1, 0.15) is 32.2 Å². The molecule has 2 aromatic rings. The molecule has 2 rings (SSSR count). The highest BCUT2D eigenvalue weighted by Crippen LogP contribution is 2.29. The molecule has 0 unspecified atom stereocenters. The summed E-state index contributed by atoms with van der Waals surface area (Å²) < 4.78 is 1.10. The zero-order chi connectivity index (χ0) is 14.0. The zero-order valence-corrected chi connectivity index (χ0v) is 14.0. The van der Waals surface area contributed by atoms with Crippen molar-refractivity contribution in [3.63, 3.8) is 0 Å². The van der Waals surface area contributed by atoms with E-state index in [1.807, 2.05) is 25.1 Å². The average molecular weight is 340 g/mol. The number of halogens is 1. The summed E-state index contributed by atoms with van der Waals surface area (Å²) in [5.41, 5.74) is 2.12. The van der Waals surface area contributed by atoms with Gasteiger partial charge in [-0.25, -0.2) is 9.97 Å². The van der Waals surface area contributed by atoms with E-state index >= 15 is 0 Å². The Hall–Kier alpha value is -0.780. The molecule has 0 radical (unpaired) electrons. The fraction of sp³-hybridized carbons (Fsp3) is 0.429. The molecule has 0 aliphatic heterocycles. The van der Waals surface area contributed by atoms with Crippen molar-refractivity contribution in [2.45, 2.75) is 39.8 Å². The first-order valence-corrected chi connectivity index (χ1v) is 7.80. The van der Waals surface area contributed by atoms with Gasteiger partial charge in [0.25, 0.3) is 0 Å². The predicted octanol–water partition coefficient (Wildman–Crippen LogP) is 4.16. The molecular weight excluding hydrogens is 322 g/mol. The molecule has 0 saturated heterocycles. The second-order valence-electron chi connectivity index (χ2n) is 5.53. The summed E-state index contributed by atoms with van der Waals surface area (Å²) in [6, 6.07) is 6.11. The maximum Gasteiger partial charge on any atom is 0.169 e. The molecule has 1 N–H and O–H groups in total. The van der Waals surface area contributed by atoms with Crippen LogP contribution in [-0.4, -0.2) is 15.5 Å². The van der Waals surface area contributed by atoms with Crippen LogP contribution in [0.15, 0.2) is 22.0 Å². The summed E-state index contributed by atoms with van der Waals surface area (Å²) in [5, 5.41) is 3.45. The molecule has 0 fully saturated rings. The summed E-state index contributed by atoms with van der Waals surface area (Å²) in [6.45, 7) is 9.22. The monoisotopic (exact) mass is 339 g/mol. The van der Waals surface area contributed by atoms with Gasteiger partial charge >= 0.3 is 0 Å². The van der Waals surface area contributed by atoms with Gasteiger partial charge in [-0.05, 0) is 61.8 Å². The molecule has 3 nitrogen and oxygen atoms in total. The van der Waals surface area contributed by atoms with E-state index < -0.39 is 0 Å². The first kappa shape index (κ1) is 14.6. The number of rotatable bonds is 3. The molecule has 0 aliphatic rings. The van der Waals surface area contributed by atoms with Crippen LogP contribution in [0.25, 0.3) is 10.7 Å². The third-order valence-corrected chi connectivity index (χ3v) is 4.12. The van der Waals surface area contributed by atoms with Crippen LogP contribution >= 0.6 is 27.3 Å². The molecule has 0 bridgehead atoms. The number of hydrogen-bond acceptors (Lipinski definition) is 4. The smallest absolute Gasteiger partial charge is 0.169 e. The molecule has 0 aromatic carbocycles. The number of nitrogens with one attached hydrogen (secondary N) is 1. The second-order valence-corrected chi connectivity index (χ2v) is 7.99. The van der Waals surface area contributed by atoms with Crippen LogP contribution in [0.3, 0.4) is 0 Å². The Balaban J connectivity index is 2.25. The van der Waals surface area contributed by atoms with Gasteiger partial charge in [-0.1, -0.05) is 0 Å². The van der Waals surface area contributed by atoms with Crippen molar-refractivity contribution in [3.05, 3.63) is 33.4 Å². The molecule has 2 heterocycles. The van der Waals surface area contributed by atoms with Gasteiger partial charge in [0.2, 0.25) is 0 Å². The topological polar surface area (TPSA) is 37.8 Å². The summed E-state index contributed by atoms with van der Waals surface area (Å²) >= 11 is 5.13. The van der Waals surface area contributed by atoms with Crippen LogP contribution < -0.4 is 5.32 Å². The van der Waals surface area contributed by atoms with Crippen molar-refractivity contribution in [2.24, 2.45) is 0 Å². The number of nitrogens with zero attached hydrogens (tertiary/aromatic N) is 2. The largest absolute Gasteiger partial charge is 0.306 e. The molecular formula is C14H18BrN3S. The Kier molecular flexibility index (Phi) is 4.38. The highest BCUT2D eigenvalue weighted by molar-refractivity contribution is 9.11. The van der Waals surface area contributed by atoms with Gasteiger partial charge < -0.3 is 5.32 Å². The van der Waals surface area contributed by atoms with Gasteiger partial charge in [0.15, 0.2) is 5.82 Å². The van der Waals surface area contributed by atoms with Crippen LogP contribution in [-0.2, 0) is 6.54 Å². The van der Waals surface area contributed by atoms with E-state index in [-0.39, 0.29) is 5.54 Å². The highest BCUT2D eigenvalue weighted by atomic mass is 79.9. The van der Waals surface area contributed by atoms with E-state index in [0.29, 0.717) is 0 Å². The number of aryl methyl sites for hydroxylation is 1.